The van der Waals surface area contributed by atoms with E-state index >= 15 is 0 Å². The van der Waals surface area contributed by atoms with Gasteiger partial charge in [-0.2, -0.15) is 0 Å². The van der Waals surface area contributed by atoms with E-state index in [9.17, 15) is 0 Å². The van der Waals surface area contributed by atoms with E-state index in [-0.39, 0.29) is 0 Å². The number of hydrogen-bond donors (Lipinski definition) is 1. The van der Waals surface area contributed by atoms with Crippen molar-refractivity contribution in [3.8, 4) is 0 Å². The van der Waals surface area contributed by atoms with Gasteiger partial charge in [-0.25, -0.2) is 0 Å². The molecule has 1 N–H and O–H groups in total. The quantitative estimate of drug-likeness (QED) is 0.802. The Kier molecular flexibility index (Phi) is 4.77. The molecule has 2 atom stereocenters. The molecule has 0 aliphatic heterocycles. The Labute approximate surface area is 135 Å². The molecule has 0 bridgehead atoms. The van der Waals surface area contributed by atoms with Crippen LogP contribution in [0.1, 0.15) is 48.4 Å². The van der Waals surface area contributed by atoms with Crippen molar-refractivity contribution >= 4 is 15.9 Å². The number of benzene rings is 2. The van der Waals surface area contributed by atoms with Crippen molar-refractivity contribution in [1.29, 1.82) is 0 Å². The molecule has 1 unspecified atom stereocenters. The van der Waals surface area contributed by atoms with Crippen molar-refractivity contribution in [3.63, 3.8) is 0 Å². The molecular weight excluding hydrogens is 322 g/mol. The van der Waals surface area contributed by atoms with E-state index in [1.807, 2.05) is 0 Å². The van der Waals surface area contributed by atoms with Crippen LogP contribution in [0.15, 0.2) is 53.0 Å². The molecule has 0 saturated heterocycles. The van der Waals surface area contributed by atoms with E-state index in [1.54, 1.807) is 11.1 Å². The van der Waals surface area contributed by atoms with E-state index < -0.39 is 0 Å². The molecular formula is C19H22BrN. The summed E-state index contributed by atoms with van der Waals surface area (Å²) >= 11 is 3.65. The fraction of sp³-hybridized carbons (Fsp3) is 0.368. The molecule has 3 rings (SSSR count). The van der Waals surface area contributed by atoms with Crippen molar-refractivity contribution in [1.82, 2.24) is 5.32 Å². The second-order valence-corrected chi connectivity index (χ2v) is 6.79. The van der Waals surface area contributed by atoms with Crippen LogP contribution in [0.25, 0.3) is 0 Å². The average molecular weight is 344 g/mol. The third-order valence-corrected chi connectivity index (χ3v) is 5.26. The number of nitrogens with one attached hydrogen (secondary N) is 1. The highest BCUT2D eigenvalue weighted by Crippen LogP contribution is 2.31. The lowest BCUT2D eigenvalue weighted by molar-refractivity contribution is 0.472. The first-order chi connectivity index (χ1) is 10.3. The molecule has 21 heavy (non-hydrogen) atoms. The Morgan fingerprint density at radius 3 is 2.76 bits per heavy atom. The van der Waals surface area contributed by atoms with Gasteiger partial charge in [0.15, 0.2) is 0 Å². The van der Waals surface area contributed by atoms with E-state index in [1.165, 1.54) is 29.3 Å². The van der Waals surface area contributed by atoms with Crippen LogP contribution >= 0.6 is 15.9 Å². The highest BCUT2D eigenvalue weighted by atomic mass is 79.9. The predicted octanol–water partition coefficient (Wildman–Crippen LogP) is 5.22. The molecule has 0 radical (unpaired) electrons. The molecule has 2 aromatic rings. The molecule has 0 amide bonds. The Hall–Kier alpha value is -1.12. The maximum absolute atomic E-state index is 3.72. The number of hydrogen-bond acceptors (Lipinski definition) is 1. The largest absolute Gasteiger partial charge is 0.310 e. The lowest BCUT2D eigenvalue weighted by Gasteiger charge is -2.27. The second-order valence-electron chi connectivity index (χ2n) is 5.94. The highest BCUT2D eigenvalue weighted by Gasteiger charge is 2.20. The fourth-order valence-electron chi connectivity index (χ4n) is 3.32. The van der Waals surface area contributed by atoms with Crippen molar-refractivity contribution in [2.24, 2.45) is 0 Å². The molecule has 0 heterocycles. The molecule has 0 aromatic heterocycles. The Bertz CT molecular complexity index is 608. The van der Waals surface area contributed by atoms with E-state index in [0.717, 1.165) is 6.54 Å². The van der Waals surface area contributed by atoms with E-state index in [0.29, 0.717) is 12.0 Å². The molecule has 1 aliphatic carbocycles. The maximum Gasteiger partial charge on any atom is 0.0303 e. The smallest absolute Gasteiger partial charge is 0.0303 e. The molecule has 1 nitrogen and oxygen atoms in total. The first-order valence-electron chi connectivity index (χ1n) is 7.81. The standard InChI is InChI=1S/C19H22BrN/c1-14(17-10-4-5-12-19(17)20)21-13-16-9-6-8-15-7-2-3-11-18(15)16/h2-5,7,10-12,14,16,21H,6,8-9,13H2,1H3/t14-,16?/m1/s1. The first kappa shape index (κ1) is 14.8. The van der Waals surface area contributed by atoms with Gasteiger partial charge in [-0.3, -0.25) is 0 Å². The molecule has 2 aromatic carbocycles. The number of aryl methyl sites for hydroxylation is 1. The number of halogens is 1. The van der Waals surface area contributed by atoms with Crippen molar-refractivity contribution in [3.05, 3.63) is 69.7 Å². The fourth-order valence-corrected chi connectivity index (χ4v) is 3.95. The zero-order valence-electron chi connectivity index (χ0n) is 12.5. The summed E-state index contributed by atoms with van der Waals surface area (Å²) in [4.78, 5) is 0. The van der Waals surface area contributed by atoms with Gasteiger partial charge >= 0.3 is 0 Å². The van der Waals surface area contributed by atoms with Gasteiger partial charge in [0.2, 0.25) is 0 Å². The Morgan fingerprint density at radius 1 is 1.14 bits per heavy atom. The lowest BCUT2D eigenvalue weighted by atomic mass is 9.82. The summed E-state index contributed by atoms with van der Waals surface area (Å²) in [5, 5.41) is 3.72. The summed E-state index contributed by atoms with van der Waals surface area (Å²) in [6.45, 7) is 3.30. The van der Waals surface area contributed by atoms with E-state index in [2.05, 4.69) is 76.7 Å². The molecule has 0 fully saturated rings. The summed E-state index contributed by atoms with van der Waals surface area (Å²) in [5.74, 6) is 0.653. The topological polar surface area (TPSA) is 12.0 Å². The van der Waals surface area contributed by atoms with Gasteiger partial charge in [0.05, 0.1) is 0 Å². The minimum atomic E-state index is 0.370. The molecule has 110 valence electrons. The van der Waals surface area contributed by atoms with Crippen LogP contribution in [0.4, 0.5) is 0 Å². The van der Waals surface area contributed by atoms with Crippen LogP contribution in [0.3, 0.4) is 0 Å². The Morgan fingerprint density at radius 2 is 1.90 bits per heavy atom. The lowest BCUT2D eigenvalue weighted by Crippen LogP contribution is -2.27. The summed E-state index contributed by atoms with van der Waals surface area (Å²) in [5.41, 5.74) is 4.43. The van der Waals surface area contributed by atoms with Gasteiger partial charge < -0.3 is 5.32 Å². The summed E-state index contributed by atoms with van der Waals surface area (Å²) in [6, 6.07) is 17.8. The zero-order chi connectivity index (χ0) is 14.7. The number of fused-ring (bicyclic) bond motifs is 1. The van der Waals surface area contributed by atoms with Gasteiger partial charge in [0.25, 0.3) is 0 Å². The van der Waals surface area contributed by atoms with Crippen LogP contribution in [0.2, 0.25) is 0 Å². The molecule has 0 spiro atoms. The van der Waals surface area contributed by atoms with Gasteiger partial charge in [0, 0.05) is 17.1 Å². The van der Waals surface area contributed by atoms with Crippen molar-refractivity contribution < 1.29 is 0 Å². The second kappa shape index (κ2) is 6.76. The first-order valence-corrected chi connectivity index (χ1v) is 8.60. The predicted molar refractivity (Wildman–Crippen MR) is 92.7 cm³/mol. The third-order valence-electron chi connectivity index (χ3n) is 4.54. The minimum absolute atomic E-state index is 0.370. The summed E-state index contributed by atoms with van der Waals surface area (Å²) < 4.78 is 1.19. The molecule has 2 heteroatoms. The SMILES string of the molecule is C[C@@H](NCC1CCCc2ccccc21)c1ccccc1Br. The van der Waals surface area contributed by atoms with Gasteiger partial charge in [0.1, 0.15) is 0 Å². The Balaban J connectivity index is 1.67. The van der Waals surface area contributed by atoms with Gasteiger partial charge in [-0.15, -0.1) is 0 Å². The van der Waals surface area contributed by atoms with E-state index in [4.69, 9.17) is 0 Å². The van der Waals surface area contributed by atoms with Crippen molar-refractivity contribution in [2.75, 3.05) is 6.54 Å². The van der Waals surface area contributed by atoms with Gasteiger partial charge in [-0.05, 0) is 54.9 Å². The van der Waals surface area contributed by atoms with Crippen LogP contribution in [-0.2, 0) is 6.42 Å². The minimum Gasteiger partial charge on any atom is -0.310 e. The normalized spacial score (nSPS) is 19.0. The van der Waals surface area contributed by atoms with Crippen LogP contribution in [-0.4, -0.2) is 6.54 Å². The van der Waals surface area contributed by atoms with Crippen LogP contribution < -0.4 is 5.32 Å². The molecule has 0 saturated carbocycles. The third kappa shape index (κ3) is 3.38. The average Bonchev–Trinajstić information content (AvgIpc) is 2.53. The maximum atomic E-state index is 3.72. The number of rotatable bonds is 4. The zero-order valence-corrected chi connectivity index (χ0v) is 14.1. The van der Waals surface area contributed by atoms with Crippen molar-refractivity contribution in [2.45, 2.75) is 38.1 Å². The highest BCUT2D eigenvalue weighted by molar-refractivity contribution is 9.10. The van der Waals surface area contributed by atoms with Crippen LogP contribution in [0, 0.1) is 0 Å². The van der Waals surface area contributed by atoms with Crippen LogP contribution in [0.5, 0.6) is 0 Å². The molecule has 1 aliphatic rings. The van der Waals surface area contributed by atoms with Gasteiger partial charge in [-0.1, -0.05) is 58.4 Å². The summed E-state index contributed by atoms with van der Waals surface area (Å²) in [7, 11) is 0. The summed E-state index contributed by atoms with van der Waals surface area (Å²) in [6.07, 6.45) is 3.85. The monoisotopic (exact) mass is 343 g/mol.